The third-order valence-corrected chi connectivity index (χ3v) is 5.22. The summed E-state index contributed by atoms with van der Waals surface area (Å²) >= 11 is 6.33. The van der Waals surface area contributed by atoms with E-state index in [0.717, 1.165) is 0 Å². The minimum absolute atomic E-state index is 0.0722. The lowest BCUT2D eigenvalue weighted by Crippen LogP contribution is -2.30. The molecule has 1 fully saturated rings. The Morgan fingerprint density at radius 3 is 2.50 bits per heavy atom. The van der Waals surface area contributed by atoms with Gasteiger partial charge in [0.25, 0.3) is 0 Å². The fraction of sp³-hybridized carbons (Fsp3) is 0.600. The lowest BCUT2D eigenvalue weighted by atomic mass is 9.87. The SMILES string of the molecule is CC(C)(C)OC(=O)Nc1noc2cc(COC3CCC(C(F)(F)F)CC3)c(Cl)cc12. The first kappa shape index (κ1) is 22.7. The molecule has 166 valence electrons. The molecule has 2 aromatic rings. The molecule has 1 aliphatic rings. The van der Waals surface area contributed by atoms with Crippen molar-refractivity contribution in [2.24, 2.45) is 5.92 Å². The Morgan fingerprint density at radius 2 is 1.90 bits per heavy atom. The summed E-state index contributed by atoms with van der Waals surface area (Å²) in [5.41, 5.74) is 0.359. The molecule has 0 spiro atoms. The summed E-state index contributed by atoms with van der Waals surface area (Å²) in [6, 6.07) is 3.24. The van der Waals surface area contributed by atoms with Crippen molar-refractivity contribution in [2.75, 3.05) is 5.32 Å². The molecule has 1 aromatic carbocycles. The Kier molecular flexibility index (Phi) is 6.52. The van der Waals surface area contributed by atoms with Gasteiger partial charge in [0.05, 0.1) is 24.0 Å². The van der Waals surface area contributed by atoms with E-state index in [-0.39, 0.29) is 31.4 Å². The quantitative estimate of drug-likeness (QED) is 0.580. The molecule has 1 heterocycles. The predicted octanol–water partition coefficient (Wildman–Crippen LogP) is 6.47. The normalized spacial score (nSPS) is 20.4. The van der Waals surface area contributed by atoms with E-state index in [1.807, 2.05) is 0 Å². The average Bonchev–Trinajstić information content (AvgIpc) is 2.99. The maximum atomic E-state index is 12.8. The molecule has 0 saturated heterocycles. The number of rotatable bonds is 4. The molecule has 10 heteroatoms. The van der Waals surface area contributed by atoms with Crippen molar-refractivity contribution in [1.29, 1.82) is 0 Å². The summed E-state index contributed by atoms with van der Waals surface area (Å²) in [5.74, 6) is -1.07. The van der Waals surface area contributed by atoms with E-state index < -0.39 is 23.8 Å². The van der Waals surface area contributed by atoms with Crippen LogP contribution >= 0.6 is 11.6 Å². The van der Waals surface area contributed by atoms with Crippen LogP contribution in [0.15, 0.2) is 16.7 Å². The average molecular weight is 449 g/mol. The number of nitrogens with zero attached hydrogens (tertiary/aromatic N) is 1. The molecular weight excluding hydrogens is 425 g/mol. The first-order chi connectivity index (χ1) is 13.9. The molecule has 0 aliphatic heterocycles. The topological polar surface area (TPSA) is 73.6 Å². The number of halogens is 4. The van der Waals surface area contributed by atoms with Gasteiger partial charge in [0, 0.05) is 10.6 Å². The predicted molar refractivity (Wildman–Crippen MR) is 105 cm³/mol. The van der Waals surface area contributed by atoms with Gasteiger partial charge in [-0.25, -0.2) is 4.79 Å². The second-order valence-corrected chi connectivity index (χ2v) is 8.83. The number of hydrogen-bond acceptors (Lipinski definition) is 5. The fourth-order valence-corrected chi connectivity index (χ4v) is 3.58. The van der Waals surface area contributed by atoms with Crippen LogP contribution in [0.3, 0.4) is 0 Å². The number of hydrogen-bond donors (Lipinski definition) is 1. The Labute approximate surface area is 177 Å². The molecule has 0 atom stereocenters. The fourth-order valence-electron chi connectivity index (χ4n) is 3.37. The molecule has 1 aromatic heterocycles. The lowest BCUT2D eigenvalue weighted by molar-refractivity contribution is -0.188. The summed E-state index contributed by atoms with van der Waals surface area (Å²) in [6.45, 7) is 5.37. The molecule has 1 N–H and O–H groups in total. The monoisotopic (exact) mass is 448 g/mol. The number of fused-ring (bicyclic) bond motifs is 1. The second-order valence-electron chi connectivity index (χ2n) is 8.42. The van der Waals surface area contributed by atoms with E-state index in [2.05, 4.69) is 10.5 Å². The van der Waals surface area contributed by atoms with Crippen LogP contribution in [0, 0.1) is 5.92 Å². The van der Waals surface area contributed by atoms with Crippen LogP contribution in [0.4, 0.5) is 23.8 Å². The highest BCUT2D eigenvalue weighted by atomic mass is 35.5. The molecule has 6 nitrogen and oxygen atoms in total. The van der Waals surface area contributed by atoms with Gasteiger partial charge in [-0.3, -0.25) is 5.32 Å². The first-order valence-electron chi connectivity index (χ1n) is 9.68. The Bertz CT molecular complexity index is 900. The van der Waals surface area contributed by atoms with Gasteiger partial charge in [-0.1, -0.05) is 16.8 Å². The smallest absolute Gasteiger partial charge is 0.413 e. The number of aromatic nitrogens is 1. The van der Waals surface area contributed by atoms with Gasteiger partial charge in [-0.15, -0.1) is 0 Å². The second kappa shape index (κ2) is 8.63. The van der Waals surface area contributed by atoms with E-state index in [1.165, 1.54) is 0 Å². The standard InChI is InChI=1S/C20H24ClF3N2O4/c1-19(2,3)29-18(27)25-17-14-9-15(21)11(8-16(14)30-26-17)10-28-13-6-4-12(5-7-13)20(22,23)24/h8-9,12-13H,4-7,10H2,1-3H3,(H,25,26,27). The summed E-state index contributed by atoms with van der Waals surface area (Å²) in [7, 11) is 0. The molecule has 0 radical (unpaired) electrons. The molecule has 0 bridgehead atoms. The van der Waals surface area contributed by atoms with E-state index in [1.54, 1.807) is 32.9 Å². The van der Waals surface area contributed by atoms with Crippen molar-refractivity contribution in [3.05, 3.63) is 22.7 Å². The number of carbonyl (C=O) groups excluding carboxylic acids is 1. The van der Waals surface area contributed by atoms with Crippen LogP contribution < -0.4 is 5.32 Å². The molecule has 3 rings (SSSR count). The third kappa shape index (κ3) is 5.78. The number of carbonyl (C=O) groups is 1. The summed E-state index contributed by atoms with van der Waals surface area (Å²) in [5, 5.41) is 7.23. The molecule has 1 saturated carbocycles. The molecule has 1 aliphatic carbocycles. The van der Waals surface area contributed by atoms with Crippen LogP contribution in [0.5, 0.6) is 0 Å². The zero-order chi connectivity index (χ0) is 22.1. The van der Waals surface area contributed by atoms with Gasteiger partial charge in [0.1, 0.15) is 5.60 Å². The summed E-state index contributed by atoms with van der Waals surface area (Å²) in [4.78, 5) is 11.9. The summed E-state index contributed by atoms with van der Waals surface area (Å²) < 4.78 is 54.6. The summed E-state index contributed by atoms with van der Waals surface area (Å²) in [6.07, 6.45) is -4.19. The minimum atomic E-state index is -4.14. The molecule has 30 heavy (non-hydrogen) atoms. The highest BCUT2D eigenvalue weighted by Crippen LogP contribution is 2.38. The van der Waals surface area contributed by atoms with E-state index in [9.17, 15) is 18.0 Å². The van der Waals surface area contributed by atoms with Crippen LogP contribution in [-0.2, 0) is 16.1 Å². The van der Waals surface area contributed by atoms with Gasteiger partial charge < -0.3 is 14.0 Å². The highest BCUT2D eigenvalue weighted by molar-refractivity contribution is 6.32. The van der Waals surface area contributed by atoms with Crippen molar-refractivity contribution in [2.45, 2.75) is 70.9 Å². The Hall–Kier alpha value is -2.00. The van der Waals surface area contributed by atoms with Crippen LogP contribution in [0.2, 0.25) is 5.02 Å². The third-order valence-electron chi connectivity index (χ3n) is 4.87. The Morgan fingerprint density at radius 1 is 1.23 bits per heavy atom. The van der Waals surface area contributed by atoms with Gasteiger partial charge in [0.15, 0.2) is 11.4 Å². The largest absolute Gasteiger partial charge is 0.444 e. The number of nitrogens with one attached hydrogen (secondary N) is 1. The maximum absolute atomic E-state index is 12.8. The van der Waals surface area contributed by atoms with Crippen LogP contribution in [0.25, 0.3) is 11.0 Å². The molecule has 1 amide bonds. The maximum Gasteiger partial charge on any atom is 0.413 e. The van der Waals surface area contributed by atoms with Crippen LogP contribution in [0.1, 0.15) is 52.0 Å². The number of benzene rings is 1. The zero-order valence-corrected chi connectivity index (χ0v) is 17.7. The van der Waals surface area contributed by atoms with Crippen molar-refractivity contribution in [3.63, 3.8) is 0 Å². The van der Waals surface area contributed by atoms with Gasteiger partial charge in [-0.2, -0.15) is 13.2 Å². The van der Waals surface area contributed by atoms with Crippen molar-refractivity contribution in [3.8, 4) is 0 Å². The number of ether oxygens (including phenoxy) is 2. The Balaban J connectivity index is 1.62. The van der Waals surface area contributed by atoms with E-state index in [0.29, 0.717) is 34.4 Å². The van der Waals surface area contributed by atoms with Crippen molar-refractivity contribution in [1.82, 2.24) is 5.16 Å². The molecule has 0 unspecified atom stereocenters. The van der Waals surface area contributed by atoms with E-state index >= 15 is 0 Å². The number of anilines is 1. The van der Waals surface area contributed by atoms with Crippen LogP contribution in [-0.4, -0.2) is 29.1 Å². The number of amides is 1. The van der Waals surface area contributed by atoms with Gasteiger partial charge >= 0.3 is 12.3 Å². The van der Waals surface area contributed by atoms with E-state index in [4.69, 9.17) is 25.6 Å². The minimum Gasteiger partial charge on any atom is -0.444 e. The van der Waals surface area contributed by atoms with Gasteiger partial charge in [0.2, 0.25) is 0 Å². The van der Waals surface area contributed by atoms with Crippen molar-refractivity contribution >= 4 is 34.5 Å². The molecular formula is C20H24ClF3N2O4. The number of alkyl halides is 3. The van der Waals surface area contributed by atoms with Crippen molar-refractivity contribution < 1.29 is 32.0 Å². The first-order valence-corrected chi connectivity index (χ1v) is 10.1. The highest BCUT2D eigenvalue weighted by Gasteiger charge is 2.41. The van der Waals surface area contributed by atoms with Gasteiger partial charge in [-0.05, 0) is 58.6 Å². The lowest BCUT2D eigenvalue weighted by Gasteiger charge is -2.29. The zero-order valence-electron chi connectivity index (χ0n) is 16.9.